The Balaban J connectivity index is 2.14. The summed E-state index contributed by atoms with van der Waals surface area (Å²) < 4.78 is 0. The van der Waals surface area contributed by atoms with Crippen LogP contribution >= 0.6 is 0 Å². The average molecular weight is 269 g/mol. The molecule has 0 radical (unpaired) electrons. The molecule has 3 N–H and O–H groups in total. The Morgan fingerprint density at radius 3 is 2.40 bits per heavy atom. The first-order valence-electron chi connectivity index (χ1n) is 6.46. The minimum absolute atomic E-state index is 0.673. The van der Waals surface area contributed by atoms with Crippen LogP contribution < -0.4 is 16.0 Å². The number of hydrogen-bond donors (Lipinski definition) is 3. The number of rotatable bonds is 6. The molecule has 5 nitrogen and oxygen atoms in total. The Hall–Kier alpha value is -2.56. The van der Waals surface area contributed by atoms with Crippen LogP contribution in [0.3, 0.4) is 0 Å². The molecule has 0 bridgehead atoms. The topological polar surface area (TPSA) is 61.9 Å². The monoisotopic (exact) mass is 269 g/mol. The molecule has 0 aliphatic heterocycles. The summed E-state index contributed by atoms with van der Waals surface area (Å²) in [6.45, 7) is 6.22. The maximum Gasteiger partial charge on any atom is 0.136 e. The molecule has 0 atom stereocenters. The lowest BCUT2D eigenvalue weighted by atomic mass is 10.3. The van der Waals surface area contributed by atoms with Gasteiger partial charge in [-0.15, -0.1) is 6.58 Å². The second-order valence-electron chi connectivity index (χ2n) is 4.31. The molecule has 0 saturated carbocycles. The summed E-state index contributed by atoms with van der Waals surface area (Å²) >= 11 is 0. The van der Waals surface area contributed by atoms with Crippen molar-refractivity contribution in [3.05, 3.63) is 48.8 Å². The first-order valence-corrected chi connectivity index (χ1v) is 6.46. The maximum absolute atomic E-state index is 4.38. The SMILES string of the molecule is C=CCNc1cc(Nc2ccc(NC)cc2)nc(C)n1. The van der Waals surface area contributed by atoms with E-state index in [-0.39, 0.29) is 0 Å². The van der Waals surface area contributed by atoms with Gasteiger partial charge in [0.15, 0.2) is 0 Å². The van der Waals surface area contributed by atoms with E-state index in [1.54, 1.807) is 6.08 Å². The molecular formula is C15H19N5. The Bertz CT molecular complexity index is 577. The zero-order valence-electron chi connectivity index (χ0n) is 11.8. The molecule has 0 aliphatic rings. The predicted molar refractivity (Wildman–Crippen MR) is 84.7 cm³/mol. The Morgan fingerprint density at radius 2 is 1.75 bits per heavy atom. The third-order valence-electron chi connectivity index (χ3n) is 2.71. The number of aryl methyl sites for hydroxylation is 1. The fourth-order valence-electron chi connectivity index (χ4n) is 1.77. The van der Waals surface area contributed by atoms with E-state index in [9.17, 15) is 0 Å². The summed E-state index contributed by atoms with van der Waals surface area (Å²) in [5, 5.41) is 9.52. The van der Waals surface area contributed by atoms with Crippen molar-refractivity contribution in [3.8, 4) is 0 Å². The van der Waals surface area contributed by atoms with Crippen molar-refractivity contribution < 1.29 is 0 Å². The second kappa shape index (κ2) is 6.56. The number of nitrogens with zero attached hydrogens (tertiary/aromatic N) is 2. The van der Waals surface area contributed by atoms with Crippen molar-refractivity contribution in [2.45, 2.75) is 6.92 Å². The number of aromatic nitrogens is 2. The van der Waals surface area contributed by atoms with Gasteiger partial charge in [0.25, 0.3) is 0 Å². The Labute approximate surface area is 119 Å². The van der Waals surface area contributed by atoms with Gasteiger partial charge in [-0.1, -0.05) is 6.08 Å². The van der Waals surface area contributed by atoms with Gasteiger partial charge in [0.2, 0.25) is 0 Å². The smallest absolute Gasteiger partial charge is 0.136 e. The summed E-state index contributed by atoms with van der Waals surface area (Å²) in [7, 11) is 1.90. The molecule has 2 rings (SSSR count). The molecule has 0 spiro atoms. The Morgan fingerprint density at radius 1 is 1.10 bits per heavy atom. The van der Waals surface area contributed by atoms with E-state index in [4.69, 9.17) is 0 Å². The van der Waals surface area contributed by atoms with Crippen molar-refractivity contribution >= 4 is 23.0 Å². The fraction of sp³-hybridized carbons (Fsp3) is 0.200. The molecule has 0 saturated heterocycles. The van der Waals surface area contributed by atoms with Gasteiger partial charge in [0, 0.05) is 31.0 Å². The molecule has 20 heavy (non-hydrogen) atoms. The predicted octanol–water partition coefficient (Wildman–Crippen LogP) is 3.17. The number of nitrogens with one attached hydrogen (secondary N) is 3. The normalized spacial score (nSPS) is 9.90. The average Bonchev–Trinajstić information content (AvgIpc) is 2.45. The third kappa shape index (κ3) is 3.71. The highest BCUT2D eigenvalue weighted by Crippen LogP contribution is 2.19. The van der Waals surface area contributed by atoms with E-state index in [1.165, 1.54) is 0 Å². The summed E-state index contributed by atoms with van der Waals surface area (Å²) in [6.07, 6.45) is 1.79. The molecule has 1 aromatic carbocycles. The molecule has 5 heteroatoms. The number of anilines is 4. The van der Waals surface area contributed by atoms with E-state index >= 15 is 0 Å². The maximum atomic E-state index is 4.38. The van der Waals surface area contributed by atoms with E-state index in [0.29, 0.717) is 12.4 Å². The Kier molecular flexibility index (Phi) is 4.55. The molecule has 0 fully saturated rings. The van der Waals surface area contributed by atoms with Crippen LogP contribution in [0.5, 0.6) is 0 Å². The van der Waals surface area contributed by atoms with Gasteiger partial charge in [-0.3, -0.25) is 0 Å². The van der Waals surface area contributed by atoms with Gasteiger partial charge in [-0.2, -0.15) is 0 Å². The van der Waals surface area contributed by atoms with E-state index in [1.807, 2.05) is 44.3 Å². The lowest BCUT2D eigenvalue weighted by Crippen LogP contribution is -2.04. The quantitative estimate of drug-likeness (QED) is 0.703. The molecular weight excluding hydrogens is 250 g/mol. The minimum Gasteiger partial charge on any atom is -0.388 e. The van der Waals surface area contributed by atoms with E-state index < -0.39 is 0 Å². The summed E-state index contributed by atoms with van der Waals surface area (Å²) in [5.41, 5.74) is 2.06. The van der Waals surface area contributed by atoms with Gasteiger partial charge >= 0.3 is 0 Å². The molecule has 1 aromatic heterocycles. The van der Waals surface area contributed by atoms with Crippen LogP contribution in [-0.4, -0.2) is 23.6 Å². The van der Waals surface area contributed by atoms with Crippen LogP contribution in [0.25, 0.3) is 0 Å². The highest BCUT2D eigenvalue weighted by Gasteiger charge is 2.02. The molecule has 0 unspecified atom stereocenters. The second-order valence-corrected chi connectivity index (χ2v) is 4.31. The fourth-order valence-corrected chi connectivity index (χ4v) is 1.77. The number of benzene rings is 1. The first-order chi connectivity index (χ1) is 9.71. The zero-order chi connectivity index (χ0) is 14.4. The van der Waals surface area contributed by atoms with Gasteiger partial charge in [-0.05, 0) is 31.2 Å². The van der Waals surface area contributed by atoms with Crippen LogP contribution in [-0.2, 0) is 0 Å². The van der Waals surface area contributed by atoms with Crippen LogP contribution in [0.1, 0.15) is 5.82 Å². The van der Waals surface area contributed by atoms with Crippen molar-refractivity contribution in [3.63, 3.8) is 0 Å². The van der Waals surface area contributed by atoms with Crippen LogP contribution in [0.4, 0.5) is 23.0 Å². The standard InChI is InChI=1S/C15H19N5/c1-4-9-17-14-10-15(19-11(2)18-14)20-13-7-5-12(16-3)6-8-13/h4-8,10,16H,1,9H2,2-3H3,(H2,17,18,19,20). The minimum atomic E-state index is 0.673. The third-order valence-corrected chi connectivity index (χ3v) is 2.71. The molecule has 104 valence electrons. The van der Waals surface area contributed by atoms with Gasteiger partial charge in [0.05, 0.1) is 0 Å². The molecule has 0 amide bonds. The molecule has 2 aromatic rings. The van der Waals surface area contributed by atoms with Crippen LogP contribution in [0.2, 0.25) is 0 Å². The highest BCUT2D eigenvalue weighted by atomic mass is 15.1. The van der Waals surface area contributed by atoms with Crippen LogP contribution in [0.15, 0.2) is 43.0 Å². The van der Waals surface area contributed by atoms with Crippen molar-refractivity contribution in [2.75, 3.05) is 29.5 Å². The van der Waals surface area contributed by atoms with Crippen molar-refractivity contribution in [2.24, 2.45) is 0 Å². The highest BCUT2D eigenvalue weighted by molar-refractivity contribution is 5.62. The largest absolute Gasteiger partial charge is 0.388 e. The number of hydrogen-bond acceptors (Lipinski definition) is 5. The van der Waals surface area contributed by atoms with E-state index in [0.717, 1.165) is 23.0 Å². The first kappa shape index (κ1) is 13.9. The molecule has 0 aliphatic carbocycles. The van der Waals surface area contributed by atoms with Gasteiger partial charge in [-0.25, -0.2) is 9.97 Å². The van der Waals surface area contributed by atoms with Crippen LogP contribution in [0, 0.1) is 6.92 Å². The zero-order valence-corrected chi connectivity index (χ0v) is 11.8. The van der Waals surface area contributed by atoms with E-state index in [2.05, 4.69) is 32.5 Å². The summed E-state index contributed by atoms with van der Waals surface area (Å²) in [6, 6.07) is 9.89. The lowest BCUT2D eigenvalue weighted by molar-refractivity contribution is 1.05. The molecule has 1 heterocycles. The summed E-state index contributed by atoms with van der Waals surface area (Å²) in [5.74, 6) is 2.27. The van der Waals surface area contributed by atoms with Crippen molar-refractivity contribution in [1.29, 1.82) is 0 Å². The van der Waals surface area contributed by atoms with Gasteiger partial charge in [0.1, 0.15) is 17.5 Å². The van der Waals surface area contributed by atoms with Gasteiger partial charge < -0.3 is 16.0 Å². The van der Waals surface area contributed by atoms with Crippen molar-refractivity contribution in [1.82, 2.24) is 9.97 Å². The lowest BCUT2D eigenvalue weighted by Gasteiger charge is -2.10. The summed E-state index contributed by atoms with van der Waals surface area (Å²) in [4.78, 5) is 8.70.